The van der Waals surface area contributed by atoms with Crippen LogP contribution in [0.5, 0.6) is 0 Å². The summed E-state index contributed by atoms with van der Waals surface area (Å²) < 4.78 is 0. The molecule has 1 saturated heterocycles. The van der Waals surface area contributed by atoms with Crippen molar-refractivity contribution >= 4 is 12.0 Å². The van der Waals surface area contributed by atoms with Crippen molar-refractivity contribution in [2.45, 2.75) is 62.9 Å². The van der Waals surface area contributed by atoms with Gasteiger partial charge in [0.15, 0.2) is 0 Å². The molecule has 3 fully saturated rings. The zero-order valence-corrected chi connectivity index (χ0v) is 18.6. The Kier molecular flexibility index (Phi) is 5.33. The molecule has 2 amide bonds. The van der Waals surface area contributed by atoms with Gasteiger partial charge in [-0.2, -0.15) is 0 Å². The van der Waals surface area contributed by atoms with Gasteiger partial charge in [0.25, 0.3) is 0 Å². The highest BCUT2D eigenvalue weighted by Gasteiger charge is 2.56. The second-order valence-corrected chi connectivity index (χ2v) is 10.3. The van der Waals surface area contributed by atoms with Gasteiger partial charge in [-0.25, -0.2) is 4.79 Å². The van der Waals surface area contributed by atoms with Gasteiger partial charge < -0.3 is 14.9 Å². The minimum atomic E-state index is -0.932. The van der Waals surface area contributed by atoms with Crippen molar-refractivity contribution in [1.29, 1.82) is 0 Å². The van der Waals surface area contributed by atoms with Gasteiger partial charge >= 0.3 is 12.0 Å². The molecule has 2 saturated carbocycles. The fourth-order valence-corrected chi connectivity index (χ4v) is 6.02. The summed E-state index contributed by atoms with van der Waals surface area (Å²) in [5, 5.41) is 9.34. The molecule has 0 unspecified atom stereocenters. The maximum atomic E-state index is 13.3. The third kappa shape index (κ3) is 3.49. The van der Waals surface area contributed by atoms with Crippen LogP contribution in [0.4, 0.5) is 4.79 Å². The average molecular weight is 414 g/mol. The highest BCUT2D eigenvalue weighted by Crippen LogP contribution is 2.51. The van der Waals surface area contributed by atoms with Crippen molar-refractivity contribution in [1.82, 2.24) is 14.7 Å². The largest absolute Gasteiger partial charge is 0.480 e. The van der Waals surface area contributed by atoms with Crippen LogP contribution in [0.2, 0.25) is 0 Å². The summed E-state index contributed by atoms with van der Waals surface area (Å²) in [5.74, 6) is -0.932. The van der Waals surface area contributed by atoms with Gasteiger partial charge in [-0.3, -0.25) is 9.69 Å². The SMILES string of the molecule is CN(C)C1(c2ccccc2)CCC2(CC1)CN(CC(=O)O)C(=O)N2CC1(C)CCC1. The Labute approximate surface area is 179 Å². The van der Waals surface area contributed by atoms with E-state index >= 15 is 0 Å². The minimum absolute atomic E-state index is 0.0399. The van der Waals surface area contributed by atoms with Gasteiger partial charge in [-0.15, -0.1) is 0 Å². The number of benzene rings is 1. The Hall–Kier alpha value is -2.08. The van der Waals surface area contributed by atoms with E-state index in [2.05, 4.69) is 61.2 Å². The van der Waals surface area contributed by atoms with Gasteiger partial charge in [-0.05, 0) is 63.6 Å². The van der Waals surface area contributed by atoms with Gasteiger partial charge in [0, 0.05) is 18.6 Å². The van der Waals surface area contributed by atoms with E-state index in [1.807, 2.05) is 0 Å². The molecule has 0 atom stereocenters. The molecule has 1 aromatic rings. The summed E-state index contributed by atoms with van der Waals surface area (Å²) in [4.78, 5) is 30.6. The minimum Gasteiger partial charge on any atom is -0.480 e. The first-order chi connectivity index (χ1) is 14.2. The maximum Gasteiger partial charge on any atom is 0.323 e. The van der Waals surface area contributed by atoms with E-state index in [-0.39, 0.29) is 29.1 Å². The number of carboxylic acid groups (broad SMARTS) is 1. The van der Waals surface area contributed by atoms with Crippen molar-refractivity contribution in [3.63, 3.8) is 0 Å². The van der Waals surface area contributed by atoms with Crippen LogP contribution in [0.25, 0.3) is 0 Å². The number of rotatable bonds is 6. The number of carboxylic acids is 1. The summed E-state index contributed by atoms with van der Waals surface area (Å²) in [5.41, 5.74) is 1.22. The molecule has 1 aliphatic heterocycles. The van der Waals surface area contributed by atoms with Crippen LogP contribution in [-0.4, -0.2) is 71.1 Å². The molecule has 1 N–H and O–H groups in total. The molecule has 30 heavy (non-hydrogen) atoms. The van der Waals surface area contributed by atoms with Crippen LogP contribution in [0.15, 0.2) is 30.3 Å². The monoisotopic (exact) mass is 413 g/mol. The summed E-state index contributed by atoms with van der Waals surface area (Å²) in [7, 11) is 4.30. The van der Waals surface area contributed by atoms with E-state index in [4.69, 9.17) is 0 Å². The molecule has 6 heteroatoms. The summed E-state index contributed by atoms with van der Waals surface area (Å²) in [6, 6.07) is 10.6. The molecule has 0 radical (unpaired) electrons. The molecule has 0 aromatic heterocycles. The summed E-state index contributed by atoms with van der Waals surface area (Å²) in [6.07, 6.45) is 7.25. The second-order valence-electron chi connectivity index (χ2n) is 10.3. The van der Waals surface area contributed by atoms with Gasteiger partial charge in [-0.1, -0.05) is 43.7 Å². The predicted octanol–water partition coefficient (Wildman–Crippen LogP) is 3.77. The lowest BCUT2D eigenvalue weighted by molar-refractivity contribution is -0.137. The van der Waals surface area contributed by atoms with Gasteiger partial charge in [0.1, 0.15) is 6.54 Å². The maximum absolute atomic E-state index is 13.3. The second kappa shape index (κ2) is 7.56. The fraction of sp³-hybridized carbons (Fsp3) is 0.667. The lowest BCUT2D eigenvalue weighted by Gasteiger charge is -2.53. The smallest absolute Gasteiger partial charge is 0.323 e. The van der Waals surface area contributed by atoms with Crippen LogP contribution >= 0.6 is 0 Å². The summed E-state index contributed by atoms with van der Waals surface area (Å²) in [6.45, 7) is 3.36. The Balaban J connectivity index is 1.61. The van der Waals surface area contributed by atoms with Gasteiger partial charge in [0.2, 0.25) is 0 Å². The number of aliphatic carboxylic acids is 1. The highest BCUT2D eigenvalue weighted by molar-refractivity contribution is 5.83. The van der Waals surface area contributed by atoms with Crippen LogP contribution in [0, 0.1) is 5.41 Å². The summed E-state index contributed by atoms with van der Waals surface area (Å²) >= 11 is 0. The van der Waals surface area contributed by atoms with Crippen molar-refractivity contribution < 1.29 is 14.7 Å². The Morgan fingerprint density at radius 2 is 1.70 bits per heavy atom. The highest BCUT2D eigenvalue weighted by atomic mass is 16.4. The van der Waals surface area contributed by atoms with E-state index in [1.54, 1.807) is 4.90 Å². The van der Waals surface area contributed by atoms with E-state index in [1.165, 1.54) is 12.0 Å². The van der Waals surface area contributed by atoms with Crippen LogP contribution < -0.4 is 0 Å². The predicted molar refractivity (Wildman–Crippen MR) is 116 cm³/mol. The molecule has 1 spiro atoms. The first-order valence-electron chi connectivity index (χ1n) is 11.2. The third-order valence-electron chi connectivity index (χ3n) is 8.16. The molecular weight excluding hydrogens is 378 g/mol. The molecule has 4 rings (SSSR count). The quantitative estimate of drug-likeness (QED) is 0.771. The number of nitrogens with zero attached hydrogens (tertiary/aromatic N) is 3. The van der Waals surface area contributed by atoms with Crippen molar-refractivity contribution in [3.05, 3.63) is 35.9 Å². The molecule has 0 bridgehead atoms. The van der Waals surface area contributed by atoms with Crippen molar-refractivity contribution in [2.75, 3.05) is 33.7 Å². The first-order valence-corrected chi connectivity index (χ1v) is 11.2. The molecule has 6 nitrogen and oxygen atoms in total. The van der Waals surface area contributed by atoms with Crippen LogP contribution in [-0.2, 0) is 10.3 Å². The molecule has 1 aromatic carbocycles. The molecule has 3 aliphatic rings. The number of hydrogen-bond donors (Lipinski definition) is 1. The third-order valence-corrected chi connectivity index (χ3v) is 8.16. The Morgan fingerprint density at radius 3 is 2.20 bits per heavy atom. The van der Waals surface area contributed by atoms with Crippen LogP contribution in [0.3, 0.4) is 0 Å². The Morgan fingerprint density at radius 1 is 1.07 bits per heavy atom. The number of hydrogen-bond acceptors (Lipinski definition) is 3. The van der Waals surface area contributed by atoms with E-state index < -0.39 is 5.97 Å². The number of carbonyl (C=O) groups is 2. The van der Waals surface area contributed by atoms with Crippen molar-refractivity contribution in [3.8, 4) is 0 Å². The molecular formula is C24H35N3O3. The number of amides is 2. The first kappa shape index (κ1) is 21.2. The average Bonchev–Trinajstić information content (AvgIpc) is 2.93. The molecule has 2 aliphatic carbocycles. The normalized spacial score (nSPS) is 30.7. The van der Waals surface area contributed by atoms with E-state index in [9.17, 15) is 14.7 Å². The Bertz CT molecular complexity index is 795. The lowest BCUT2D eigenvalue weighted by Crippen LogP contribution is -2.57. The zero-order chi connectivity index (χ0) is 21.6. The number of urea groups is 1. The van der Waals surface area contributed by atoms with E-state index in [0.29, 0.717) is 6.54 Å². The zero-order valence-electron chi connectivity index (χ0n) is 18.6. The number of carbonyl (C=O) groups excluding carboxylic acids is 1. The van der Waals surface area contributed by atoms with Crippen LogP contribution in [0.1, 0.15) is 57.4 Å². The molecule has 164 valence electrons. The fourth-order valence-electron chi connectivity index (χ4n) is 6.02. The van der Waals surface area contributed by atoms with Crippen molar-refractivity contribution in [2.24, 2.45) is 5.41 Å². The van der Waals surface area contributed by atoms with Gasteiger partial charge in [0.05, 0.1) is 5.54 Å². The lowest BCUT2D eigenvalue weighted by atomic mass is 9.66. The molecule has 1 heterocycles. The topological polar surface area (TPSA) is 64.1 Å². The van der Waals surface area contributed by atoms with E-state index in [0.717, 1.165) is 45.1 Å². The standard InChI is InChI=1S/C24H35N3O3/c1-22(10-7-11-22)17-27-21(30)26(16-20(28)29)18-23(27)12-14-24(15-13-23,25(2)3)19-8-5-4-6-9-19/h4-6,8-9H,7,10-18H2,1-3H3,(H,28,29).